The van der Waals surface area contributed by atoms with Gasteiger partial charge in [-0.3, -0.25) is 4.79 Å². The summed E-state index contributed by atoms with van der Waals surface area (Å²) in [6.45, 7) is 3.94. The fraction of sp³-hybridized carbons (Fsp3) is 0.462. The van der Waals surface area contributed by atoms with Crippen LogP contribution in [-0.4, -0.2) is 19.4 Å². The molecular weight excluding hydrogens is 224 g/mol. The molecule has 0 radical (unpaired) electrons. The monoisotopic (exact) mass is 241 g/mol. The molecule has 0 saturated heterocycles. The summed E-state index contributed by atoms with van der Waals surface area (Å²) in [5, 5.41) is 0. The van der Waals surface area contributed by atoms with Crippen molar-refractivity contribution in [3.8, 4) is 0 Å². The Kier molecular flexibility index (Phi) is 4.61. The van der Waals surface area contributed by atoms with Gasteiger partial charge in [0.05, 0.1) is 0 Å². The van der Waals surface area contributed by atoms with Gasteiger partial charge in [0, 0.05) is 18.7 Å². The van der Waals surface area contributed by atoms with Crippen LogP contribution in [0.5, 0.6) is 0 Å². The predicted octanol–water partition coefficient (Wildman–Crippen LogP) is 3.40. The van der Waals surface area contributed by atoms with E-state index in [0.29, 0.717) is 6.29 Å². The maximum Gasteiger partial charge on any atom is 0.150 e. The van der Waals surface area contributed by atoms with Gasteiger partial charge in [0.1, 0.15) is 23.6 Å². The molecule has 0 unspecified atom stereocenters. The molecular formula is C13H17F2NO. The summed E-state index contributed by atoms with van der Waals surface area (Å²) in [6.07, 6.45) is 2.05. The Bertz CT molecular complexity index is 379. The van der Waals surface area contributed by atoms with Crippen molar-refractivity contribution >= 4 is 12.0 Å². The number of rotatable bonds is 5. The highest BCUT2D eigenvalue weighted by Crippen LogP contribution is 2.26. The van der Waals surface area contributed by atoms with Crippen LogP contribution in [0.3, 0.4) is 0 Å². The third-order valence-corrected chi connectivity index (χ3v) is 3.02. The van der Waals surface area contributed by atoms with Gasteiger partial charge in [-0.15, -0.1) is 0 Å². The molecule has 0 aliphatic heterocycles. The van der Waals surface area contributed by atoms with E-state index in [2.05, 4.69) is 0 Å². The largest absolute Gasteiger partial charge is 0.367 e. The van der Waals surface area contributed by atoms with Crippen LogP contribution in [0.25, 0.3) is 0 Å². The van der Waals surface area contributed by atoms with Crippen LogP contribution in [0.15, 0.2) is 12.1 Å². The number of benzene rings is 1. The first-order chi connectivity index (χ1) is 8.04. The van der Waals surface area contributed by atoms with Gasteiger partial charge in [-0.1, -0.05) is 13.8 Å². The fourth-order valence-electron chi connectivity index (χ4n) is 2.01. The standard InChI is InChI=1S/C13H17F2NO/c1-4-10(5-2)16(3)13-11(14)6-9(8-17)7-12(13)15/h6-8,10H,4-5H2,1-3H3. The summed E-state index contributed by atoms with van der Waals surface area (Å²) in [6, 6.07) is 2.20. The molecule has 17 heavy (non-hydrogen) atoms. The summed E-state index contributed by atoms with van der Waals surface area (Å²) < 4.78 is 27.5. The van der Waals surface area contributed by atoms with Crippen molar-refractivity contribution in [3.63, 3.8) is 0 Å². The summed E-state index contributed by atoms with van der Waals surface area (Å²) in [5.74, 6) is -1.39. The minimum Gasteiger partial charge on any atom is -0.367 e. The normalized spacial score (nSPS) is 10.7. The minimum atomic E-state index is -0.693. The van der Waals surface area contributed by atoms with Gasteiger partial charge in [0.15, 0.2) is 0 Å². The average molecular weight is 241 g/mol. The smallest absolute Gasteiger partial charge is 0.150 e. The number of nitrogens with zero attached hydrogens (tertiary/aromatic N) is 1. The Morgan fingerprint density at radius 3 is 2.06 bits per heavy atom. The third kappa shape index (κ3) is 2.81. The van der Waals surface area contributed by atoms with E-state index in [1.165, 1.54) is 0 Å². The topological polar surface area (TPSA) is 20.3 Å². The van der Waals surface area contributed by atoms with Gasteiger partial charge in [-0.05, 0) is 25.0 Å². The first-order valence-corrected chi connectivity index (χ1v) is 5.72. The van der Waals surface area contributed by atoms with E-state index in [4.69, 9.17) is 0 Å². The van der Waals surface area contributed by atoms with Crippen LogP contribution < -0.4 is 4.90 Å². The van der Waals surface area contributed by atoms with Gasteiger partial charge in [-0.2, -0.15) is 0 Å². The van der Waals surface area contributed by atoms with Crippen LogP contribution in [-0.2, 0) is 0 Å². The van der Waals surface area contributed by atoms with Crippen LogP contribution >= 0.6 is 0 Å². The maximum atomic E-state index is 13.7. The molecule has 1 aromatic rings. The summed E-state index contributed by atoms with van der Waals surface area (Å²) >= 11 is 0. The van der Waals surface area contributed by atoms with Crippen LogP contribution in [0, 0.1) is 11.6 Å². The van der Waals surface area contributed by atoms with Crippen molar-refractivity contribution in [3.05, 3.63) is 29.3 Å². The number of carbonyl (C=O) groups is 1. The lowest BCUT2D eigenvalue weighted by atomic mass is 10.1. The lowest BCUT2D eigenvalue weighted by molar-refractivity contribution is 0.112. The zero-order valence-electron chi connectivity index (χ0n) is 10.3. The molecule has 1 aromatic carbocycles. The van der Waals surface area contributed by atoms with Gasteiger partial charge >= 0.3 is 0 Å². The Balaban J connectivity index is 3.17. The Morgan fingerprint density at radius 2 is 1.71 bits per heavy atom. The molecule has 0 saturated carbocycles. The maximum absolute atomic E-state index is 13.7. The molecule has 2 nitrogen and oxygen atoms in total. The number of halogens is 2. The molecule has 0 heterocycles. The van der Waals surface area contributed by atoms with Crippen LogP contribution in [0.1, 0.15) is 37.0 Å². The van der Waals surface area contributed by atoms with E-state index in [-0.39, 0.29) is 17.3 Å². The van der Waals surface area contributed by atoms with Crippen molar-refractivity contribution in [2.24, 2.45) is 0 Å². The van der Waals surface area contributed by atoms with Gasteiger partial charge in [-0.25, -0.2) is 8.78 Å². The molecule has 0 N–H and O–H groups in total. The number of anilines is 1. The van der Waals surface area contributed by atoms with Crippen molar-refractivity contribution in [1.82, 2.24) is 0 Å². The molecule has 4 heteroatoms. The van der Waals surface area contributed by atoms with E-state index < -0.39 is 11.6 Å². The van der Waals surface area contributed by atoms with Crippen molar-refractivity contribution in [2.75, 3.05) is 11.9 Å². The zero-order chi connectivity index (χ0) is 13.0. The number of carbonyl (C=O) groups excluding carboxylic acids is 1. The lowest BCUT2D eigenvalue weighted by Crippen LogP contribution is -2.31. The average Bonchev–Trinajstić information content (AvgIpc) is 2.29. The van der Waals surface area contributed by atoms with Gasteiger partial charge in [0.25, 0.3) is 0 Å². The van der Waals surface area contributed by atoms with E-state index in [1.807, 2.05) is 13.8 Å². The fourth-order valence-corrected chi connectivity index (χ4v) is 2.01. The Morgan fingerprint density at radius 1 is 1.24 bits per heavy atom. The van der Waals surface area contributed by atoms with Crippen molar-refractivity contribution in [1.29, 1.82) is 0 Å². The predicted molar refractivity (Wildman–Crippen MR) is 64.5 cm³/mol. The quantitative estimate of drug-likeness (QED) is 0.736. The van der Waals surface area contributed by atoms with Crippen molar-refractivity contribution in [2.45, 2.75) is 32.7 Å². The molecule has 0 fully saturated rings. The molecule has 94 valence electrons. The van der Waals surface area contributed by atoms with E-state index >= 15 is 0 Å². The second-order valence-electron chi connectivity index (χ2n) is 4.03. The molecule has 0 bridgehead atoms. The van der Waals surface area contributed by atoms with E-state index in [0.717, 1.165) is 25.0 Å². The molecule has 1 rings (SSSR count). The molecule has 0 amide bonds. The molecule has 0 atom stereocenters. The van der Waals surface area contributed by atoms with E-state index in [9.17, 15) is 13.6 Å². The first kappa shape index (κ1) is 13.6. The first-order valence-electron chi connectivity index (χ1n) is 5.72. The highest BCUT2D eigenvalue weighted by molar-refractivity contribution is 5.76. The van der Waals surface area contributed by atoms with Crippen molar-refractivity contribution < 1.29 is 13.6 Å². The summed E-state index contributed by atoms with van der Waals surface area (Å²) in [5.41, 5.74) is -0.0500. The van der Waals surface area contributed by atoms with Crippen LogP contribution in [0.2, 0.25) is 0 Å². The van der Waals surface area contributed by atoms with E-state index in [1.54, 1.807) is 11.9 Å². The summed E-state index contributed by atoms with van der Waals surface area (Å²) in [7, 11) is 1.67. The SMILES string of the molecule is CCC(CC)N(C)c1c(F)cc(C=O)cc1F. The second-order valence-corrected chi connectivity index (χ2v) is 4.03. The number of hydrogen-bond donors (Lipinski definition) is 0. The third-order valence-electron chi connectivity index (χ3n) is 3.02. The second kappa shape index (κ2) is 5.75. The number of aldehydes is 1. The Labute approximate surface area is 100 Å². The highest BCUT2D eigenvalue weighted by atomic mass is 19.1. The molecule has 0 spiro atoms. The molecule has 0 aliphatic rings. The zero-order valence-corrected chi connectivity index (χ0v) is 10.3. The minimum absolute atomic E-state index is 0.0155. The number of hydrogen-bond acceptors (Lipinski definition) is 2. The molecule has 0 aliphatic carbocycles. The van der Waals surface area contributed by atoms with Gasteiger partial charge in [0.2, 0.25) is 0 Å². The molecule has 0 aromatic heterocycles. The summed E-state index contributed by atoms with van der Waals surface area (Å²) in [4.78, 5) is 12.1. The highest BCUT2D eigenvalue weighted by Gasteiger charge is 2.19. The Hall–Kier alpha value is -1.45. The lowest BCUT2D eigenvalue weighted by Gasteiger charge is -2.29. The van der Waals surface area contributed by atoms with Gasteiger partial charge < -0.3 is 4.90 Å². The van der Waals surface area contributed by atoms with Crippen LogP contribution in [0.4, 0.5) is 14.5 Å².